The highest BCUT2D eigenvalue weighted by Gasteiger charge is 2.19. The molecule has 0 aromatic heterocycles. The van der Waals surface area contributed by atoms with Gasteiger partial charge in [-0.25, -0.2) is 0 Å². The Balaban J connectivity index is 2.11. The maximum Gasteiger partial charge on any atom is 0.0640 e. The van der Waals surface area contributed by atoms with Crippen LogP contribution in [-0.4, -0.2) is 40.3 Å². The number of anilines is 3. The van der Waals surface area contributed by atoms with Gasteiger partial charge in [-0.2, -0.15) is 10.5 Å². The highest BCUT2D eigenvalue weighted by molar-refractivity contribution is 5.94. The van der Waals surface area contributed by atoms with Gasteiger partial charge >= 0.3 is 0 Å². The second kappa shape index (κ2) is 12.7. The van der Waals surface area contributed by atoms with Gasteiger partial charge in [0.15, 0.2) is 0 Å². The molecule has 3 rings (SSSR count). The summed E-state index contributed by atoms with van der Waals surface area (Å²) < 4.78 is 0. The molecule has 0 fully saturated rings. The molecule has 0 atom stereocenters. The molecule has 186 valence electrons. The predicted octanol–water partition coefficient (Wildman–Crippen LogP) is 6.87. The average Bonchev–Trinajstić information content (AvgIpc) is 2.91. The van der Waals surface area contributed by atoms with Gasteiger partial charge in [-0.3, -0.25) is 0 Å². The van der Waals surface area contributed by atoms with Gasteiger partial charge in [0.1, 0.15) is 0 Å². The Hall–Kier alpha value is -3.96. The summed E-state index contributed by atoms with van der Waals surface area (Å²) in [5, 5.41) is 17.9. The molecule has 0 heterocycles. The lowest BCUT2D eigenvalue weighted by atomic mass is 9.89. The van der Waals surface area contributed by atoms with E-state index in [1.165, 1.54) is 33.5 Å². The van der Waals surface area contributed by atoms with E-state index in [0.717, 1.165) is 24.5 Å². The van der Waals surface area contributed by atoms with Crippen LogP contribution in [0, 0.1) is 29.6 Å². The smallest absolute Gasteiger partial charge is 0.0640 e. The zero-order valence-electron chi connectivity index (χ0n) is 22.3. The number of hydrogen-bond acceptors (Lipinski definition) is 5. The maximum atomic E-state index is 8.94. The van der Waals surface area contributed by atoms with Gasteiger partial charge in [0, 0.05) is 62.9 Å². The molecular formula is C31H37N5. The topological polar surface area (TPSA) is 57.3 Å². The van der Waals surface area contributed by atoms with Crippen molar-refractivity contribution < 1.29 is 0 Å². The van der Waals surface area contributed by atoms with Crippen molar-refractivity contribution in [3.63, 3.8) is 0 Å². The quantitative estimate of drug-likeness (QED) is 0.300. The molecular weight excluding hydrogens is 442 g/mol. The van der Waals surface area contributed by atoms with Crippen molar-refractivity contribution in [1.82, 2.24) is 0 Å². The van der Waals surface area contributed by atoms with E-state index in [2.05, 4.69) is 108 Å². The van der Waals surface area contributed by atoms with Crippen molar-refractivity contribution in [1.29, 1.82) is 10.5 Å². The molecule has 0 spiro atoms. The summed E-state index contributed by atoms with van der Waals surface area (Å²) >= 11 is 0. The first-order valence-electron chi connectivity index (χ1n) is 12.7. The van der Waals surface area contributed by atoms with Crippen LogP contribution < -0.4 is 14.7 Å². The third kappa shape index (κ3) is 5.99. The van der Waals surface area contributed by atoms with E-state index in [0.29, 0.717) is 25.9 Å². The van der Waals surface area contributed by atoms with Crippen molar-refractivity contribution in [2.24, 2.45) is 0 Å². The van der Waals surface area contributed by atoms with Crippen molar-refractivity contribution in [3.8, 4) is 34.4 Å². The van der Waals surface area contributed by atoms with Gasteiger partial charge < -0.3 is 14.7 Å². The molecule has 36 heavy (non-hydrogen) atoms. The number of benzene rings is 3. The van der Waals surface area contributed by atoms with Crippen LogP contribution in [0.4, 0.5) is 17.1 Å². The Bertz CT molecular complexity index is 1210. The Labute approximate surface area is 216 Å². The Morgan fingerprint density at radius 3 is 1.50 bits per heavy atom. The second-order valence-electron chi connectivity index (χ2n) is 9.08. The van der Waals surface area contributed by atoms with Crippen LogP contribution in [-0.2, 0) is 0 Å². The van der Waals surface area contributed by atoms with Crippen LogP contribution in [0.1, 0.15) is 32.3 Å². The maximum absolute atomic E-state index is 8.94. The van der Waals surface area contributed by atoms with E-state index < -0.39 is 0 Å². The molecule has 0 bridgehead atoms. The third-order valence-corrected chi connectivity index (χ3v) is 6.81. The zero-order valence-corrected chi connectivity index (χ0v) is 22.3. The van der Waals surface area contributed by atoms with Crippen LogP contribution in [0.5, 0.6) is 0 Å². The van der Waals surface area contributed by atoms with Crippen LogP contribution in [0.25, 0.3) is 22.3 Å². The van der Waals surface area contributed by atoms with E-state index in [-0.39, 0.29) is 0 Å². The fourth-order valence-electron chi connectivity index (χ4n) is 4.65. The highest BCUT2D eigenvalue weighted by atomic mass is 15.1. The molecule has 0 aliphatic rings. The van der Waals surface area contributed by atoms with E-state index in [4.69, 9.17) is 10.5 Å². The van der Waals surface area contributed by atoms with Gasteiger partial charge in [-0.15, -0.1) is 0 Å². The first kappa shape index (κ1) is 26.6. The van der Waals surface area contributed by atoms with Crippen LogP contribution >= 0.6 is 0 Å². The molecule has 0 radical (unpaired) electrons. The van der Waals surface area contributed by atoms with E-state index in [1.807, 2.05) is 14.1 Å². The summed E-state index contributed by atoms with van der Waals surface area (Å²) in [5.41, 5.74) is 9.55. The van der Waals surface area contributed by atoms with Crippen LogP contribution in [0.3, 0.4) is 0 Å². The van der Waals surface area contributed by atoms with Crippen molar-refractivity contribution in [2.75, 3.05) is 55.0 Å². The molecule has 3 aromatic carbocycles. The standard InChI is InChI=1S/C31H37N5/c1-6-36(7-2)29-19-10-24(3)30(25-11-15-27(16-12-25)34(4)22-8-20-32)31(29)26-13-17-28(18-14-26)35(5)23-9-21-33/h10-19H,6-9,22-23H2,1-5H3. The number of nitriles is 2. The molecule has 5 nitrogen and oxygen atoms in total. The first-order valence-corrected chi connectivity index (χ1v) is 12.7. The number of aryl methyl sites for hydroxylation is 1. The summed E-state index contributed by atoms with van der Waals surface area (Å²) in [6.07, 6.45) is 1.02. The molecule has 0 amide bonds. The van der Waals surface area contributed by atoms with Gasteiger partial charge in [0.2, 0.25) is 0 Å². The Morgan fingerprint density at radius 2 is 1.08 bits per heavy atom. The number of nitrogens with zero attached hydrogens (tertiary/aromatic N) is 5. The molecule has 0 unspecified atom stereocenters. The molecule has 3 aromatic rings. The molecule has 5 heteroatoms. The van der Waals surface area contributed by atoms with Gasteiger partial charge in [0.25, 0.3) is 0 Å². The summed E-state index contributed by atoms with van der Waals surface area (Å²) in [7, 11) is 4.06. The molecule has 0 aliphatic carbocycles. The lowest BCUT2D eigenvalue weighted by Gasteiger charge is -2.28. The minimum atomic E-state index is 0.508. The minimum absolute atomic E-state index is 0.508. The lowest BCUT2D eigenvalue weighted by molar-refractivity contribution is 0.867. The summed E-state index contributed by atoms with van der Waals surface area (Å²) in [5.74, 6) is 0. The summed E-state index contributed by atoms with van der Waals surface area (Å²) in [6.45, 7) is 9.88. The fourth-order valence-corrected chi connectivity index (χ4v) is 4.65. The van der Waals surface area contributed by atoms with Gasteiger partial charge in [-0.1, -0.05) is 30.3 Å². The predicted molar refractivity (Wildman–Crippen MR) is 153 cm³/mol. The van der Waals surface area contributed by atoms with Gasteiger partial charge in [-0.05, 0) is 73.4 Å². The Kier molecular flexibility index (Phi) is 9.37. The molecule has 0 N–H and O–H groups in total. The zero-order chi connectivity index (χ0) is 26.1. The van der Waals surface area contributed by atoms with Crippen molar-refractivity contribution in [3.05, 3.63) is 66.2 Å². The van der Waals surface area contributed by atoms with E-state index >= 15 is 0 Å². The lowest BCUT2D eigenvalue weighted by Crippen LogP contribution is -2.23. The number of rotatable bonds is 11. The van der Waals surface area contributed by atoms with Crippen LogP contribution in [0.15, 0.2) is 60.7 Å². The average molecular weight is 480 g/mol. The largest absolute Gasteiger partial charge is 0.374 e. The summed E-state index contributed by atoms with van der Waals surface area (Å²) in [6, 6.07) is 26.3. The first-order chi connectivity index (χ1) is 17.4. The third-order valence-electron chi connectivity index (χ3n) is 6.81. The van der Waals surface area contributed by atoms with E-state index in [9.17, 15) is 0 Å². The molecule has 0 saturated heterocycles. The normalized spacial score (nSPS) is 10.4. The fraction of sp³-hybridized carbons (Fsp3) is 0.355. The molecule has 0 saturated carbocycles. The molecule has 0 aliphatic heterocycles. The minimum Gasteiger partial charge on any atom is -0.374 e. The van der Waals surface area contributed by atoms with Gasteiger partial charge in [0.05, 0.1) is 25.0 Å². The highest BCUT2D eigenvalue weighted by Crippen LogP contribution is 2.42. The number of hydrogen-bond donors (Lipinski definition) is 0. The van der Waals surface area contributed by atoms with Crippen molar-refractivity contribution >= 4 is 17.1 Å². The summed E-state index contributed by atoms with van der Waals surface area (Å²) in [4.78, 5) is 6.65. The SMILES string of the molecule is CCN(CC)c1ccc(C)c(-c2ccc(N(C)CCC#N)cc2)c1-c1ccc(N(C)CCC#N)cc1. The second-order valence-corrected chi connectivity index (χ2v) is 9.08. The Morgan fingerprint density at radius 1 is 0.639 bits per heavy atom. The van der Waals surface area contributed by atoms with E-state index in [1.54, 1.807) is 0 Å². The van der Waals surface area contributed by atoms with Crippen molar-refractivity contribution in [2.45, 2.75) is 33.6 Å². The van der Waals surface area contributed by atoms with Crippen LogP contribution in [0.2, 0.25) is 0 Å². The monoisotopic (exact) mass is 479 g/mol.